The molecule has 0 fully saturated rings. The second-order valence-corrected chi connectivity index (χ2v) is 6.64. The Balaban J connectivity index is 1.88. The molecule has 0 atom stereocenters. The first-order chi connectivity index (χ1) is 14.1. The minimum absolute atomic E-state index is 0.0573. The van der Waals surface area contributed by atoms with E-state index in [1.807, 2.05) is 0 Å². The van der Waals surface area contributed by atoms with Crippen LogP contribution in [0.4, 0.5) is 24.5 Å². The van der Waals surface area contributed by atoms with Gasteiger partial charge >= 0.3 is 6.18 Å². The van der Waals surface area contributed by atoms with Crippen LogP contribution in [-0.2, 0) is 22.3 Å². The first-order valence-corrected chi connectivity index (χ1v) is 8.79. The van der Waals surface area contributed by atoms with E-state index in [0.29, 0.717) is 10.9 Å². The SMILES string of the molecule is CC(=O)Nc1ccc(NC(=O)Cn2cnc3c(C)cccc3c2=O)c(C(F)(F)F)c1. The molecule has 0 bridgehead atoms. The van der Waals surface area contributed by atoms with Gasteiger partial charge in [0, 0.05) is 12.6 Å². The maximum absolute atomic E-state index is 13.4. The molecule has 10 heteroatoms. The lowest BCUT2D eigenvalue weighted by Crippen LogP contribution is -2.28. The second-order valence-electron chi connectivity index (χ2n) is 6.64. The molecule has 0 spiro atoms. The Labute approximate surface area is 168 Å². The van der Waals surface area contributed by atoms with Crippen LogP contribution in [0.5, 0.6) is 0 Å². The molecule has 1 aromatic heterocycles. The summed E-state index contributed by atoms with van der Waals surface area (Å²) >= 11 is 0. The quantitative estimate of drug-likeness (QED) is 0.680. The topological polar surface area (TPSA) is 93.1 Å². The third-order valence-electron chi connectivity index (χ3n) is 4.29. The first kappa shape index (κ1) is 21.0. The number of hydrogen-bond acceptors (Lipinski definition) is 4. The van der Waals surface area contributed by atoms with E-state index in [9.17, 15) is 27.6 Å². The van der Waals surface area contributed by atoms with Crippen molar-refractivity contribution in [2.24, 2.45) is 0 Å². The molecular weight excluding hydrogens is 401 g/mol. The number of halogens is 3. The Hall–Kier alpha value is -3.69. The molecule has 0 aliphatic carbocycles. The average Bonchev–Trinajstić information content (AvgIpc) is 2.64. The van der Waals surface area contributed by atoms with Gasteiger partial charge in [-0.05, 0) is 36.8 Å². The minimum atomic E-state index is -4.77. The van der Waals surface area contributed by atoms with Gasteiger partial charge in [0.25, 0.3) is 5.56 Å². The Bertz CT molecular complexity index is 1200. The summed E-state index contributed by atoms with van der Waals surface area (Å²) in [6.45, 7) is 2.44. The largest absolute Gasteiger partial charge is 0.418 e. The van der Waals surface area contributed by atoms with Crippen LogP contribution in [0.1, 0.15) is 18.1 Å². The summed E-state index contributed by atoms with van der Waals surface area (Å²) in [5, 5.41) is 4.74. The summed E-state index contributed by atoms with van der Waals surface area (Å²) in [4.78, 5) is 40.2. The van der Waals surface area contributed by atoms with Crippen molar-refractivity contribution in [3.8, 4) is 0 Å². The van der Waals surface area contributed by atoms with Gasteiger partial charge in [0.1, 0.15) is 6.54 Å². The highest BCUT2D eigenvalue weighted by atomic mass is 19.4. The number of amides is 2. The zero-order chi connectivity index (χ0) is 22.1. The van der Waals surface area contributed by atoms with Crippen molar-refractivity contribution in [1.29, 1.82) is 0 Å². The summed E-state index contributed by atoms with van der Waals surface area (Å²) in [5.74, 6) is -1.36. The molecule has 2 N–H and O–H groups in total. The number of nitrogens with one attached hydrogen (secondary N) is 2. The average molecular weight is 418 g/mol. The highest BCUT2D eigenvalue weighted by Gasteiger charge is 2.34. The van der Waals surface area contributed by atoms with E-state index in [-0.39, 0.29) is 5.69 Å². The molecule has 0 unspecified atom stereocenters. The monoisotopic (exact) mass is 418 g/mol. The van der Waals surface area contributed by atoms with Crippen molar-refractivity contribution >= 4 is 34.1 Å². The fourth-order valence-electron chi connectivity index (χ4n) is 2.96. The van der Waals surface area contributed by atoms with Gasteiger partial charge in [-0.3, -0.25) is 19.0 Å². The highest BCUT2D eigenvalue weighted by molar-refractivity contribution is 5.93. The number of alkyl halides is 3. The predicted octanol–water partition coefficient (Wildman–Crippen LogP) is 3.32. The maximum Gasteiger partial charge on any atom is 0.418 e. The van der Waals surface area contributed by atoms with E-state index in [4.69, 9.17) is 0 Å². The van der Waals surface area contributed by atoms with Gasteiger partial charge in [0.05, 0.1) is 28.5 Å². The summed E-state index contributed by atoms with van der Waals surface area (Å²) in [5.41, 5.74) is -0.864. The number of hydrogen-bond donors (Lipinski definition) is 2. The molecule has 2 aromatic carbocycles. The van der Waals surface area contributed by atoms with Crippen molar-refractivity contribution in [2.45, 2.75) is 26.6 Å². The molecule has 30 heavy (non-hydrogen) atoms. The number of benzene rings is 2. The van der Waals surface area contributed by atoms with E-state index < -0.39 is 41.3 Å². The predicted molar refractivity (Wildman–Crippen MR) is 105 cm³/mol. The molecule has 0 saturated heterocycles. The number of nitrogens with zero attached hydrogens (tertiary/aromatic N) is 2. The van der Waals surface area contributed by atoms with Gasteiger partial charge in [-0.25, -0.2) is 4.98 Å². The molecular formula is C20H17F3N4O3. The van der Waals surface area contributed by atoms with Gasteiger partial charge in [-0.1, -0.05) is 12.1 Å². The van der Waals surface area contributed by atoms with Crippen LogP contribution in [0.3, 0.4) is 0 Å². The van der Waals surface area contributed by atoms with E-state index in [1.165, 1.54) is 19.3 Å². The fraction of sp³-hybridized carbons (Fsp3) is 0.200. The third kappa shape index (κ3) is 4.48. The number of fused-ring (bicyclic) bond motifs is 1. The normalized spacial score (nSPS) is 11.4. The first-order valence-electron chi connectivity index (χ1n) is 8.79. The van der Waals surface area contributed by atoms with Gasteiger partial charge in [-0.2, -0.15) is 13.2 Å². The van der Waals surface area contributed by atoms with Crippen molar-refractivity contribution in [3.63, 3.8) is 0 Å². The fourth-order valence-corrected chi connectivity index (χ4v) is 2.96. The minimum Gasteiger partial charge on any atom is -0.326 e. The molecule has 0 aliphatic rings. The Morgan fingerprint density at radius 1 is 1.13 bits per heavy atom. The molecule has 3 aromatic rings. The van der Waals surface area contributed by atoms with Crippen LogP contribution in [0.2, 0.25) is 0 Å². The van der Waals surface area contributed by atoms with Crippen LogP contribution in [0.15, 0.2) is 47.5 Å². The lowest BCUT2D eigenvalue weighted by Gasteiger charge is -2.16. The summed E-state index contributed by atoms with van der Waals surface area (Å²) in [6.07, 6.45) is -3.59. The van der Waals surface area contributed by atoms with Gasteiger partial charge in [-0.15, -0.1) is 0 Å². The Morgan fingerprint density at radius 3 is 2.53 bits per heavy atom. The number of para-hydroxylation sites is 1. The summed E-state index contributed by atoms with van der Waals surface area (Å²) in [6, 6.07) is 8.03. The van der Waals surface area contributed by atoms with E-state index in [1.54, 1.807) is 25.1 Å². The molecule has 156 valence electrons. The molecule has 0 aliphatic heterocycles. The highest BCUT2D eigenvalue weighted by Crippen LogP contribution is 2.36. The molecule has 2 amide bonds. The number of aryl methyl sites for hydroxylation is 1. The maximum atomic E-state index is 13.4. The van der Waals surface area contributed by atoms with E-state index >= 15 is 0 Å². The summed E-state index contributed by atoms with van der Waals surface area (Å²) in [7, 11) is 0. The van der Waals surface area contributed by atoms with Gasteiger partial charge in [0.2, 0.25) is 11.8 Å². The third-order valence-corrected chi connectivity index (χ3v) is 4.29. The zero-order valence-electron chi connectivity index (χ0n) is 16.0. The number of rotatable bonds is 4. The second kappa shape index (κ2) is 7.97. The lowest BCUT2D eigenvalue weighted by atomic mass is 10.1. The van der Waals surface area contributed by atoms with Gasteiger partial charge in [0.15, 0.2) is 0 Å². The molecule has 7 nitrogen and oxygen atoms in total. The van der Waals surface area contributed by atoms with Crippen molar-refractivity contribution < 1.29 is 22.8 Å². The van der Waals surface area contributed by atoms with Crippen molar-refractivity contribution in [3.05, 3.63) is 64.2 Å². The van der Waals surface area contributed by atoms with E-state index in [0.717, 1.165) is 22.3 Å². The molecule has 1 heterocycles. The zero-order valence-corrected chi connectivity index (χ0v) is 16.0. The molecule has 0 saturated carbocycles. The number of anilines is 2. The van der Waals surface area contributed by atoms with Crippen LogP contribution < -0.4 is 16.2 Å². The van der Waals surface area contributed by atoms with Crippen LogP contribution >= 0.6 is 0 Å². The Kier molecular flexibility index (Phi) is 5.59. The van der Waals surface area contributed by atoms with Crippen molar-refractivity contribution in [1.82, 2.24) is 9.55 Å². The van der Waals surface area contributed by atoms with Crippen LogP contribution in [-0.4, -0.2) is 21.4 Å². The number of carbonyl (C=O) groups excluding carboxylic acids is 2. The van der Waals surface area contributed by atoms with Gasteiger partial charge < -0.3 is 10.6 Å². The Morgan fingerprint density at radius 2 is 1.87 bits per heavy atom. The standard InChI is InChI=1S/C20H17F3N4O3/c1-11-4-3-5-14-18(11)24-10-27(19(14)30)9-17(29)26-16-7-6-13(25-12(2)28)8-15(16)20(21,22)23/h3-8,10H,9H2,1-2H3,(H,25,28)(H,26,29). The van der Waals surface area contributed by atoms with Crippen LogP contribution in [0, 0.1) is 6.92 Å². The van der Waals surface area contributed by atoms with Crippen molar-refractivity contribution in [2.75, 3.05) is 10.6 Å². The molecule has 0 radical (unpaired) electrons. The van der Waals surface area contributed by atoms with E-state index in [2.05, 4.69) is 15.6 Å². The smallest absolute Gasteiger partial charge is 0.326 e. The van der Waals surface area contributed by atoms with Crippen LogP contribution in [0.25, 0.3) is 10.9 Å². The lowest BCUT2D eigenvalue weighted by molar-refractivity contribution is -0.137. The number of carbonyl (C=O) groups is 2. The molecule has 3 rings (SSSR count). The summed E-state index contributed by atoms with van der Waals surface area (Å²) < 4.78 is 41.2. The number of aromatic nitrogens is 2.